The van der Waals surface area contributed by atoms with Crippen LogP contribution in [0, 0.1) is 0 Å². The highest BCUT2D eigenvalue weighted by Gasteiger charge is 2.40. The summed E-state index contributed by atoms with van der Waals surface area (Å²) >= 11 is 0. The predicted octanol–water partition coefficient (Wildman–Crippen LogP) is 3.51. The number of hydrogen-bond acceptors (Lipinski definition) is 3. The zero-order chi connectivity index (χ0) is 13.1. The third-order valence-electron chi connectivity index (χ3n) is 3.25. The van der Waals surface area contributed by atoms with Gasteiger partial charge in [-0.3, -0.25) is 4.79 Å². The zero-order valence-corrected chi connectivity index (χ0v) is 10.4. The normalized spacial score (nSPS) is 20.6. The standard InChI is InChI=1S/C16H14O3/c17-11-18-16-10-15(16)12-6-8-14(9-7-12)19-13-4-2-1-3-5-13/h1-9,11,15-16H,10H2/t15?,16-/m1/s1. The molecule has 1 saturated carbocycles. The fourth-order valence-corrected chi connectivity index (χ4v) is 2.15. The Kier molecular flexibility index (Phi) is 3.19. The number of rotatable bonds is 5. The van der Waals surface area contributed by atoms with E-state index < -0.39 is 0 Å². The van der Waals surface area contributed by atoms with Crippen molar-refractivity contribution in [3.63, 3.8) is 0 Å². The molecule has 0 radical (unpaired) electrons. The molecule has 1 unspecified atom stereocenters. The molecule has 19 heavy (non-hydrogen) atoms. The minimum absolute atomic E-state index is 0.0541. The summed E-state index contributed by atoms with van der Waals surface area (Å²) in [6.45, 7) is 0.525. The van der Waals surface area contributed by atoms with Gasteiger partial charge >= 0.3 is 0 Å². The van der Waals surface area contributed by atoms with Crippen LogP contribution < -0.4 is 4.74 Å². The Balaban J connectivity index is 1.65. The van der Waals surface area contributed by atoms with Crippen LogP contribution in [-0.2, 0) is 9.53 Å². The molecular formula is C16H14O3. The van der Waals surface area contributed by atoms with Gasteiger partial charge in [0.25, 0.3) is 6.47 Å². The quantitative estimate of drug-likeness (QED) is 0.766. The number of carbonyl (C=O) groups excluding carboxylic acids is 1. The summed E-state index contributed by atoms with van der Waals surface area (Å²) in [6.07, 6.45) is 0.968. The van der Waals surface area contributed by atoms with Gasteiger partial charge in [0.05, 0.1) is 0 Å². The van der Waals surface area contributed by atoms with E-state index in [1.807, 2.05) is 54.6 Å². The second-order valence-corrected chi connectivity index (χ2v) is 4.60. The molecule has 2 atom stereocenters. The summed E-state index contributed by atoms with van der Waals surface area (Å²) in [5, 5.41) is 0. The van der Waals surface area contributed by atoms with Gasteiger partial charge in [-0.05, 0) is 36.2 Å². The number of ether oxygens (including phenoxy) is 2. The first kappa shape index (κ1) is 11.8. The lowest BCUT2D eigenvalue weighted by Gasteiger charge is -2.06. The monoisotopic (exact) mass is 254 g/mol. The maximum absolute atomic E-state index is 10.2. The second kappa shape index (κ2) is 5.14. The van der Waals surface area contributed by atoms with Crippen LogP contribution >= 0.6 is 0 Å². The molecule has 0 amide bonds. The van der Waals surface area contributed by atoms with Crippen molar-refractivity contribution in [2.75, 3.05) is 0 Å². The Morgan fingerprint density at radius 1 is 0.947 bits per heavy atom. The molecular weight excluding hydrogens is 240 g/mol. The van der Waals surface area contributed by atoms with Gasteiger partial charge in [0.2, 0.25) is 0 Å². The molecule has 0 aromatic heterocycles. The van der Waals surface area contributed by atoms with Gasteiger partial charge in [-0.2, -0.15) is 0 Å². The summed E-state index contributed by atoms with van der Waals surface area (Å²) in [4.78, 5) is 10.2. The Labute approximate surface area is 111 Å². The molecule has 0 heterocycles. The van der Waals surface area contributed by atoms with Crippen LogP contribution in [0.15, 0.2) is 54.6 Å². The minimum Gasteiger partial charge on any atom is -0.464 e. The maximum Gasteiger partial charge on any atom is 0.293 e. The largest absolute Gasteiger partial charge is 0.464 e. The molecule has 96 valence electrons. The minimum atomic E-state index is 0.0541. The molecule has 0 aliphatic heterocycles. The van der Waals surface area contributed by atoms with E-state index in [-0.39, 0.29) is 6.10 Å². The van der Waals surface area contributed by atoms with Crippen molar-refractivity contribution in [1.82, 2.24) is 0 Å². The van der Waals surface area contributed by atoms with Gasteiger partial charge in [0.1, 0.15) is 17.6 Å². The lowest BCUT2D eigenvalue weighted by atomic mass is 10.1. The maximum atomic E-state index is 10.2. The summed E-state index contributed by atoms with van der Waals surface area (Å²) in [5.41, 5.74) is 1.19. The van der Waals surface area contributed by atoms with E-state index in [9.17, 15) is 4.79 Å². The highest BCUT2D eigenvalue weighted by molar-refractivity contribution is 5.41. The van der Waals surface area contributed by atoms with E-state index in [0.717, 1.165) is 17.9 Å². The van der Waals surface area contributed by atoms with E-state index in [0.29, 0.717) is 12.4 Å². The first-order valence-corrected chi connectivity index (χ1v) is 6.29. The predicted molar refractivity (Wildman–Crippen MR) is 71.3 cm³/mol. The molecule has 0 bridgehead atoms. The van der Waals surface area contributed by atoms with Crippen molar-refractivity contribution in [2.24, 2.45) is 0 Å². The molecule has 1 fully saturated rings. The molecule has 1 aliphatic rings. The van der Waals surface area contributed by atoms with E-state index in [4.69, 9.17) is 9.47 Å². The van der Waals surface area contributed by atoms with Crippen LogP contribution in [0.25, 0.3) is 0 Å². The number of carbonyl (C=O) groups is 1. The summed E-state index contributed by atoms with van der Waals surface area (Å²) in [7, 11) is 0. The molecule has 2 aromatic rings. The SMILES string of the molecule is O=CO[C@@H]1CC1c1ccc(Oc2ccccc2)cc1. The van der Waals surface area contributed by atoms with Crippen molar-refractivity contribution >= 4 is 6.47 Å². The van der Waals surface area contributed by atoms with Gasteiger partial charge in [-0.15, -0.1) is 0 Å². The van der Waals surface area contributed by atoms with E-state index >= 15 is 0 Å². The fourth-order valence-electron chi connectivity index (χ4n) is 2.15. The first-order valence-electron chi connectivity index (χ1n) is 6.29. The number of hydrogen-bond donors (Lipinski definition) is 0. The molecule has 0 saturated heterocycles. The number of para-hydroxylation sites is 1. The van der Waals surface area contributed by atoms with E-state index in [1.165, 1.54) is 5.56 Å². The summed E-state index contributed by atoms with van der Waals surface area (Å²) in [6, 6.07) is 17.6. The smallest absolute Gasteiger partial charge is 0.293 e. The second-order valence-electron chi connectivity index (χ2n) is 4.60. The Morgan fingerprint density at radius 3 is 2.32 bits per heavy atom. The summed E-state index contributed by atoms with van der Waals surface area (Å²) in [5.74, 6) is 1.98. The van der Waals surface area contributed by atoms with Crippen molar-refractivity contribution in [3.8, 4) is 11.5 Å². The van der Waals surface area contributed by atoms with Crippen LogP contribution in [0.5, 0.6) is 11.5 Å². The Bertz CT molecular complexity index is 548. The van der Waals surface area contributed by atoms with Crippen molar-refractivity contribution in [3.05, 3.63) is 60.2 Å². The molecule has 3 heteroatoms. The van der Waals surface area contributed by atoms with Crippen molar-refractivity contribution in [1.29, 1.82) is 0 Å². The molecule has 3 nitrogen and oxygen atoms in total. The molecule has 0 spiro atoms. The van der Waals surface area contributed by atoms with E-state index in [1.54, 1.807) is 0 Å². The van der Waals surface area contributed by atoms with E-state index in [2.05, 4.69) is 0 Å². The number of benzene rings is 2. The lowest BCUT2D eigenvalue weighted by molar-refractivity contribution is -0.129. The highest BCUT2D eigenvalue weighted by Crippen LogP contribution is 2.43. The zero-order valence-electron chi connectivity index (χ0n) is 10.4. The van der Waals surface area contributed by atoms with Gasteiger partial charge in [0.15, 0.2) is 0 Å². The van der Waals surface area contributed by atoms with Gasteiger partial charge in [-0.1, -0.05) is 30.3 Å². The molecule has 3 rings (SSSR count). The summed E-state index contributed by atoms with van der Waals surface area (Å²) < 4.78 is 10.7. The molecule has 2 aromatic carbocycles. The van der Waals surface area contributed by atoms with Crippen molar-refractivity contribution in [2.45, 2.75) is 18.4 Å². The lowest BCUT2D eigenvalue weighted by Crippen LogP contribution is -1.93. The molecule has 0 N–H and O–H groups in total. The van der Waals surface area contributed by atoms with Crippen LogP contribution in [0.4, 0.5) is 0 Å². The average molecular weight is 254 g/mol. The first-order chi connectivity index (χ1) is 9.36. The topological polar surface area (TPSA) is 35.5 Å². The van der Waals surface area contributed by atoms with Crippen molar-refractivity contribution < 1.29 is 14.3 Å². The van der Waals surface area contributed by atoms with Crippen LogP contribution in [0.2, 0.25) is 0 Å². The van der Waals surface area contributed by atoms with Gasteiger partial charge in [0, 0.05) is 5.92 Å². The van der Waals surface area contributed by atoms with Crippen LogP contribution in [0.1, 0.15) is 17.9 Å². The van der Waals surface area contributed by atoms with Crippen LogP contribution in [-0.4, -0.2) is 12.6 Å². The van der Waals surface area contributed by atoms with Gasteiger partial charge in [-0.25, -0.2) is 0 Å². The Morgan fingerprint density at radius 2 is 1.63 bits per heavy atom. The average Bonchev–Trinajstić information content (AvgIpc) is 3.21. The molecule has 1 aliphatic carbocycles. The van der Waals surface area contributed by atoms with Crippen LogP contribution in [0.3, 0.4) is 0 Å². The van der Waals surface area contributed by atoms with Gasteiger partial charge < -0.3 is 9.47 Å². The Hall–Kier alpha value is -2.29. The third kappa shape index (κ3) is 2.76. The third-order valence-corrected chi connectivity index (χ3v) is 3.25. The fraction of sp³-hybridized carbons (Fsp3) is 0.188. The highest BCUT2D eigenvalue weighted by atomic mass is 16.5.